The van der Waals surface area contributed by atoms with Crippen molar-refractivity contribution in [2.45, 2.75) is 34.6 Å². The van der Waals surface area contributed by atoms with Gasteiger partial charge in [0, 0.05) is 18.4 Å². The summed E-state index contributed by atoms with van der Waals surface area (Å²) in [5.74, 6) is 0. The molecule has 0 spiro atoms. The van der Waals surface area contributed by atoms with E-state index in [-0.39, 0.29) is 0 Å². The van der Waals surface area contributed by atoms with Crippen LogP contribution in [0.2, 0.25) is 0 Å². The Balaban J connectivity index is 2.53. The lowest BCUT2D eigenvalue weighted by molar-refractivity contribution is 1.13. The molecule has 0 fully saturated rings. The van der Waals surface area contributed by atoms with E-state index >= 15 is 0 Å². The van der Waals surface area contributed by atoms with Gasteiger partial charge >= 0.3 is 0 Å². The first-order valence-corrected chi connectivity index (χ1v) is 6.79. The number of benzene rings is 2. The molecular formula is C18H23N. The van der Waals surface area contributed by atoms with Crippen LogP contribution in [0.15, 0.2) is 30.3 Å². The van der Waals surface area contributed by atoms with Crippen molar-refractivity contribution in [2.24, 2.45) is 0 Å². The largest absolute Gasteiger partial charge is 0.344 e. The first-order chi connectivity index (χ1) is 8.91. The van der Waals surface area contributed by atoms with Crippen LogP contribution < -0.4 is 4.90 Å². The molecule has 100 valence electrons. The van der Waals surface area contributed by atoms with Crippen molar-refractivity contribution in [2.75, 3.05) is 11.9 Å². The van der Waals surface area contributed by atoms with Gasteiger partial charge in [-0.25, -0.2) is 0 Å². The minimum Gasteiger partial charge on any atom is -0.344 e. The topological polar surface area (TPSA) is 3.24 Å². The van der Waals surface area contributed by atoms with Gasteiger partial charge in [-0.3, -0.25) is 0 Å². The molecule has 0 amide bonds. The molecule has 1 nitrogen and oxygen atoms in total. The van der Waals surface area contributed by atoms with E-state index in [4.69, 9.17) is 0 Å². The monoisotopic (exact) mass is 253 g/mol. The molecule has 0 saturated carbocycles. The van der Waals surface area contributed by atoms with E-state index in [2.05, 4.69) is 76.9 Å². The predicted molar refractivity (Wildman–Crippen MR) is 84.6 cm³/mol. The molecule has 0 aliphatic carbocycles. The summed E-state index contributed by atoms with van der Waals surface area (Å²) in [6, 6.07) is 11.0. The lowest BCUT2D eigenvalue weighted by atomic mass is 9.97. The van der Waals surface area contributed by atoms with Crippen LogP contribution in [0.5, 0.6) is 0 Å². The molecule has 0 saturated heterocycles. The number of hydrogen-bond donors (Lipinski definition) is 0. The van der Waals surface area contributed by atoms with Crippen LogP contribution in [0, 0.1) is 34.6 Å². The summed E-state index contributed by atoms with van der Waals surface area (Å²) < 4.78 is 0. The highest BCUT2D eigenvalue weighted by molar-refractivity contribution is 5.71. The van der Waals surface area contributed by atoms with Crippen LogP contribution in [0.4, 0.5) is 11.4 Å². The Bertz CT molecular complexity index is 594. The Kier molecular flexibility index (Phi) is 3.66. The first kappa shape index (κ1) is 13.7. The highest BCUT2D eigenvalue weighted by atomic mass is 15.1. The van der Waals surface area contributed by atoms with Crippen LogP contribution in [-0.4, -0.2) is 7.05 Å². The Hall–Kier alpha value is -1.76. The van der Waals surface area contributed by atoms with Crippen molar-refractivity contribution < 1.29 is 0 Å². The summed E-state index contributed by atoms with van der Waals surface area (Å²) in [4.78, 5) is 2.29. The first-order valence-electron chi connectivity index (χ1n) is 6.79. The maximum atomic E-state index is 2.29. The third kappa shape index (κ3) is 2.51. The molecule has 0 atom stereocenters. The van der Waals surface area contributed by atoms with E-state index in [0.717, 1.165) is 0 Å². The van der Waals surface area contributed by atoms with Gasteiger partial charge in [0.05, 0.1) is 0 Å². The van der Waals surface area contributed by atoms with Crippen molar-refractivity contribution in [1.82, 2.24) is 0 Å². The zero-order valence-electron chi connectivity index (χ0n) is 12.8. The maximum Gasteiger partial charge on any atom is 0.0470 e. The second-order valence-electron chi connectivity index (χ2n) is 5.50. The maximum absolute atomic E-state index is 2.29. The zero-order valence-corrected chi connectivity index (χ0v) is 12.8. The van der Waals surface area contributed by atoms with Gasteiger partial charge in [-0.15, -0.1) is 0 Å². The minimum absolute atomic E-state index is 1.24. The number of hydrogen-bond acceptors (Lipinski definition) is 1. The highest BCUT2D eigenvalue weighted by Gasteiger charge is 2.13. The van der Waals surface area contributed by atoms with Crippen molar-refractivity contribution in [3.8, 4) is 0 Å². The Morgan fingerprint density at radius 2 is 1.32 bits per heavy atom. The van der Waals surface area contributed by atoms with E-state index in [1.54, 1.807) is 0 Å². The summed E-state index contributed by atoms with van der Waals surface area (Å²) in [5, 5.41) is 0. The van der Waals surface area contributed by atoms with E-state index in [1.165, 1.54) is 39.2 Å². The fourth-order valence-corrected chi connectivity index (χ4v) is 2.68. The van der Waals surface area contributed by atoms with E-state index in [0.29, 0.717) is 0 Å². The van der Waals surface area contributed by atoms with Gasteiger partial charge in [-0.05, 0) is 69.0 Å². The van der Waals surface area contributed by atoms with Gasteiger partial charge in [0.15, 0.2) is 0 Å². The van der Waals surface area contributed by atoms with E-state index < -0.39 is 0 Å². The molecule has 0 aromatic heterocycles. The fraction of sp³-hybridized carbons (Fsp3) is 0.333. The Morgan fingerprint density at radius 3 is 1.89 bits per heavy atom. The molecule has 0 radical (unpaired) electrons. The molecule has 0 heterocycles. The van der Waals surface area contributed by atoms with Gasteiger partial charge in [-0.1, -0.05) is 23.8 Å². The van der Waals surface area contributed by atoms with Crippen LogP contribution in [-0.2, 0) is 0 Å². The van der Waals surface area contributed by atoms with Gasteiger partial charge < -0.3 is 4.90 Å². The molecule has 0 bridgehead atoms. The highest BCUT2D eigenvalue weighted by Crippen LogP contribution is 2.33. The second kappa shape index (κ2) is 5.08. The standard InChI is InChI=1S/C18H23N/c1-12-7-9-17(10-8-12)19(6)18-14(3)11-13(2)15(4)16(18)5/h7-11H,1-6H3. The molecule has 0 N–H and O–H groups in total. The van der Waals surface area contributed by atoms with Crippen LogP contribution >= 0.6 is 0 Å². The predicted octanol–water partition coefficient (Wildman–Crippen LogP) is 5.00. The lowest BCUT2D eigenvalue weighted by Gasteiger charge is -2.26. The number of rotatable bonds is 2. The number of aryl methyl sites for hydroxylation is 3. The van der Waals surface area contributed by atoms with Crippen molar-refractivity contribution in [1.29, 1.82) is 0 Å². The van der Waals surface area contributed by atoms with Gasteiger partial charge in [0.2, 0.25) is 0 Å². The molecule has 2 aromatic carbocycles. The lowest BCUT2D eigenvalue weighted by Crippen LogP contribution is -2.13. The molecule has 0 unspecified atom stereocenters. The second-order valence-corrected chi connectivity index (χ2v) is 5.50. The quantitative estimate of drug-likeness (QED) is 0.728. The summed E-state index contributed by atoms with van der Waals surface area (Å²) in [5.41, 5.74) is 9.33. The van der Waals surface area contributed by atoms with Gasteiger partial charge in [-0.2, -0.15) is 0 Å². The van der Waals surface area contributed by atoms with Crippen LogP contribution in [0.1, 0.15) is 27.8 Å². The third-order valence-electron chi connectivity index (χ3n) is 4.07. The van der Waals surface area contributed by atoms with Gasteiger partial charge in [0.25, 0.3) is 0 Å². The Morgan fingerprint density at radius 1 is 0.737 bits per heavy atom. The van der Waals surface area contributed by atoms with E-state index in [1.807, 2.05) is 0 Å². The SMILES string of the molecule is Cc1ccc(N(C)c2c(C)cc(C)c(C)c2C)cc1. The van der Waals surface area contributed by atoms with Crippen LogP contribution in [0.25, 0.3) is 0 Å². The average Bonchev–Trinajstić information content (AvgIpc) is 2.37. The number of nitrogens with zero attached hydrogens (tertiary/aromatic N) is 1. The molecule has 1 heteroatoms. The summed E-state index contributed by atoms with van der Waals surface area (Å²) in [6.07, 6.45) is 0. The zero-order chi connectivity index (χ0) is 14.2. The molecule has 2 rings (SSSR count). The minimum atomic E-state index is 1.24. The van der Waals surface area contributed by atoms with E-state index in [9.17, 15) is 0 Å². The van der Waals surface area contributed by atoms with Crippen LogP contribution in [0.3, 0.4) is 0 Å². The molecule has 19 heavy (non-hydrogen) atoms. The molecule has 0 aliphatic heterocycles. The Labute approximate surface area is 116 Å². The van der Waals surface area contributed by atoms with Crippen molar-refractivity contribution in [3.05, 3.63) is 58.1 Å². The molecule has 2 aromatic rings. The molecular weight excluding hydrogens is 230 g/mol. The average molecular weight is 253 g/mol. The fourth-order valence-electron chi connectivity index (χ4n) is 2.68. The number of anilines is 2. The normalized spacial score (nSPS) is 10.6. The molecule has 0 aliphatic rings. The van der Waals surface area contributed by atoms with Gasteiger partial charge in [0.1, 0.15) is 0 Å². The summed E-state index contributed by atoms with van der Waals surface area (Å²) >= 11 is 0. The van der Waals surface area contributed by atoms with Crippen molar-refractivity contribution >= 4 is 11.4 Å². The summed E-state index contributed by atoms with van der Waals surface area (Å²) in [6.45, 7) is 10.9. The smallest absolute Gasteiger partial charge is 0.0470 e. The third-order valence-corrected chi connectivity index (χ3v) is 4.07. The summed E-state index contributed by atoms with van der Waals surface area (Å²) in [7, 11) is 2.15. The van der Waals surface area contributed by atoms with Crippen molar-refractivity contribution in [3.63, 3.8) is 0 Å².